The zero-order valence-electron chi connectivity index (χ0n) is 13.5. The number of hydrogen-bond acceptors (Lipinski definition) is 3. The van der Waals surface area contributed by atoms with Gasteiger partial charge in [0, 0.05) is 22.3 Å². The minimum Gasteiger partial charge on any atom is -0.497 e. The molecule has 2 aromatic carbocycles. The Morgan fingerprint density at radius 1 is 1.25 bits per heavy atom. The number of halogens is 1. The molecule has 3 aromatic rings. The lowest BCUT2D eigenvalue weighted by atomic mass is 10.1. The van der Waals surface area contributed by atoms with Gasteiger partial charge in [0.1, 0.15) is 17.1 Å². The molecule has 3 rings (SSSR count). The minimum absolute atomic E-state index is 0.0591. The van der Waals surface area contributed by atoms with Gasteiger partial charge in [0.25, 0.3) is 5.91 Å². The molecular weight excluding hydrogens is 370 g/mol. The zero-order chi connectivity index (χ0) is 17.1. The first-order valence-corrected chi connectivity index (χ1v) is 8.48. The van der Waals surface area contributed by atoms with E-state index in [4.69, 9.17) is 9.15 Å². The van der Waals surface area contributed by atoms with Crippen molar-refractivity contribution >= 4 is 32.8 Å². The first kappa shape index (κ1) is 16.6. The van der Waals surface area contributed by atoms with Crippen molar-refractivity contribution in [3.8, 4) is 5.75 Å². The molecule has 0 aliphatic carbocycles. The van der Waals surface area contributed by atoms with Gasteiger partial charge in [0.2, 0.25) is 0 Å². The van der Waals surface area contributed by atoms with Crippen LogP contribution in [0.2, 0.25) is 0 Å². The van der Waals surface area contributed by atoms with Crippen molar-refractivity contribution < 1.29 is 13.9 Å². The lowest BCUT2D eigenvalue weighted by Crippen LogP contribution is -2.34. The Hall–Kier alpha value is -2.27. The third-order valence-electron chi connectivity index (χ3n) is 3.78. The lowest BCUT2D eigenvalue weighted by Gasteiger charge is -2.14. The van der Waals surface area contributed by atoms with Crippen molar-refractivity contribution in [1.82, 2.24) is 5.32 Å². The van der Waals surface area contributed by atoms with Crippen LogP contribution in [0, 0.1) is 0 Å². The molecule has 0 aliphatic heterocycles. The number of methoxy groups -OCH3 is 1. The summed E-state index contributed by atoms with van der Waals surface area (Å²) < 4.78 is 11.7. The molecule has 5 heteroatoms. The van der Waals surface area contributed by atoms with Crippen LogP contribution >= 0.6 is 15.9 Å². The van der Waals surface area contributed by atoms with E-state index in [1.807, 2.05) is 37.3 Å². The Bertz CT molecular complexity index is 839. The maximum atomic E-state index is 12.5. The highest BCUT2D eigenvalue weighted by atomic mass is 79.9. The lowest BCUT2D eigenvalue weighted by molar-refractivity contribution is 0.0938. The minimum atomic E-state index is -0.149. The molecule has 0 saturated carbocycles. The summed E-state index contributed by atoms with van der Waals surface area (Å²) in [5.41, 5.74) is 1.41. The van der Waals surface area contributed by atoms with Crippen molar-refractivity contribution in [2.75, 3.05) is 7.11 Å². The fraction of sp³-hybridized carbons (Fsp3) is 0.211. The van der Waals surface area contributed by atoms with E-state index >= 15 is 0 Å². The van der Waals surface area contributed by atoms with Gasteiger partial charge >= 0.3 is 0 Å². The van der Waals surface area contributed by atoms with Crippen LogP contribution in [0.4, 0.5) is 0 Å². The predicted molar refractivity (Wildman–Crippen MR) is 97.5 cm³/mol. The fourth-order valence-corrected chi connectivity index (χ4v) is 3.02. The van der Waals surface area contributed by atoms with Crippen molar-refractivity contribution in [2.24, 2.45) is 0 Å². The summed E-state index contributed by atoms with van der Waals surface area (Å²) in [5.74, 6) is 1.35. The Morgan fingerprint density at radius 2 is 2.04 bits per heavy atom. The standard InChI is InChI=1S/C19H18BrNO3/c1-12(9-15-10-13-5-3-4-6-18(13)24-15)21-19(22)16-11-14(23-2)7-8-17(16)20/h3-8,10-12H,9H2,1-2H3,(H,21,22)/t12-/m0/s1. The van der Waals surface area contributed by atoms with E-state index in [0.29, 0.717) is 17.7 Å². The molecule has 1 heterocycles. The van der Waals surface area contributed by atoms with Gasteiger partial charge < -0.3 is 14.5 Å². The maximum absolute atomic E-state index is 12.5. The van der Waals surface area contributed by atoms with E-state index in [1.165, 1.54) is 0 Å². The predicted octanol–water partition coefficient (Wildman–Crippen LogP) is 4.56. The molecule has 1 atom stereocenters. The second-order valence-electron chi connectivity index (χ2n) is 5.67. The molecule has 4 nitrogen and oxygen atoms in total. The van der Waals surface area contributed by atoms with Crippen LogP contribution < -0.4 is 10.1 Å². The highest BCUT2D eigenvalue weighted by molar-refractivity contribution is 9.10. The van der Waals surface area contributed by atoms with E-state index in [9.17, 15) is 4.79 Å². The summed E-state index contributed by atoms with van der Waals surface area (Å²) >= 11 is 3.41. The molecule has 1 amide bonds. The molecule has 0 bridgehead atoms. The summed E-state index contributed by atoms with van der Waals surface area (Å²) in [5, 5.41) is 4.07. The third kappa shape index (κ3) is 3.62. The van der Waals surface area contributed by atoms with E-state index < -0.39 is 0 Å². The number of amides is 1. The summed E-state index contributed by atoms with van der Waals surface area (Å²) in [6.45, 7) is 1.96. The number of carbonyl (C=O) groups is 1. The molecule has 0 fully saturated rings. The van der Waals surface area contributed by atoms with Crippen molar-refractivity contribution in [2.45, 2.75) is 19.4 Å². The van der Waals surface area contributed by atoms with Crippen LogP contribution in [-0.4, -0.2) is 19.1 Å². The highest BCUT2D eigenvalue weighted by Crippen LogP contribution is 2.23. The van der Waals surface area contributed by atoms with Gasteiger partial charge in [-0.2, -0.15) is 0 Å². The van der Waals surface area contributed by atoms with Gasteiger partial charge in [-0.3, -0.25) is 4.79 Å². The average Bonchev–Trinajstić information content (AvgIpc) is 2.97. The van der Waals surface area contributed by atoms with Crippen LogP contribution in [0.1, 0.15) is 23.0 Å². The monoisotopic (exact) mass is 387 g/mol. The summed E-state index contributed by atoms with van der Waals surface area (Å²) in [4.78, 5) is 12.5. The molecule has 124 valence electrons. The molecule has 0 radical (unpaired) electrons. The quantitative estimate of drug-likeness (QED) is 0.697. The molecule has 1 aromatic heterocycles. The number of rotatable bonds is 5. The largest absolute Gasteiger partial charge is 0.497 e. The van der Waals surface area contributed by atoms with E-state index in [0.717, 1.165) is 21.2 Å². The number of hydrogen-bond donors (Lipinski definition) is 1. The number of nitrogens with one attached hydrogen (secondary N) is 1. The SMILES string of the molecule is COc1ccc(Br)c(C(=O)N[C@@H](C)Cc2cc3ccccc3o2)c1. The van der Waals surface area contributed by atoms with Crippen molar-refractivity contribution in [3.05, 3.63) is 64.3 Å². The molecule has 0 spiro atoms. The van der Waals surface area contributed by atoms with Gasteiger partial charge in [-0.05, 0) is 53.2 Å². The Morgan fingerprint density at radius 3 is 2.79 bits per heavy atom. The van der Waals surface area contributed by atoms with Crippen LogP contribution in [0.25, 0.3) is 11.0 Å². The second-order valence-corrected chi connectivity index (χ2v) is 6.53. The number of para-hydroxylation sites is 1. The maximum Gasteiger partial charge on any atom is 0.252 e. The van der Waals surface area contributed by atoms with Crippen LogP contribution in [0.5, 0.6) is 5.75 Å². The van der Waals surface area contributed by atoms with Crippen LogP contribution in [0.15, 0.2) is 57.4 Å². The topological polar surface area (TPSA) is 51.5 Å². The zero-order valence-corrected chi connectivity index (χ0v) is 15.1. The molecule has 0 unspecified atom stereocenters. The smallest absolute Gasteiger partial charge is 0.252 e. The fourth-order valence-electron chi connectivity index (χ4n) is 2.60. The second kappa shape index (κ2) is 7.09. The molecular formula is C19H18BrNO3. The number of fused-ring (bicyclic) bond motifs is 1. The summed E-state index contributed by atoms with van der Waals surface area (Å²) in [7, 11) is 1.58. The molecule has 24 heavy (non-hydrogen) atoms. The Balaban J connectivity index is 1.70. The highest BCUT2D eigenvalue weighted by Gasteiger charge is 2.15. The molecule has 0 saturated heterocycles. The Labute approximate surface area is 148 Å². The van der Waals surface area contributed by atoms with E-state index in [2.05, 4.69) is 21.2 Å². The number of ether oxygens (including phenoxy) is 1. The number of benzene rings is 2. The van der Waals surface area contributed by atoms with Gasteiger partial charge in [0.05, 0.1) is 12.7 Å². The van der Waals surface area contributed by atoms with E-state index in [1.54, 1.807) is 25.3 Å². The van der Waals surface area contributed by atoms with Gasteiger partial charge in [-0.15, -0.1) is 0 Å². The number of carbonyl (C=O) groups excluding carboxylic acids is 1. The normalized spacial score (nSPS) is 12.1. The average molecular weight is 388 g/mol. The third-order valence-corrected chi connectivity index (χ3v) is 4.47. The first-order chi connectivity index (χ1) is 11.6. The summed E-state index contributed by atoms with van der Waals surface area (Å²) in [6, 6.07) is 15.2. The van der Waals surface area contributed by atoms with Crippen LogP contribution in [-0.2, 0) is 6.42 Å². The molecule has 1 N–H and O–H groups in total. The van der Waals surface area contributed by atoms with E-state index in [-0.39, 0.29) is 11.9 Å². The Kier molecular flexibility index (Phi) is 4.90. The number of furan rings is 1. The summed E-state index contributed by atoms with van der Waals surface area (Å²) in [6.07, 6.45) is 0.627. The first-order valence-electron chi connectivity index (χ1n) is 7.68. The van der Waals surface area contributed by atoms with Gasteiger partial charge in [-0.25, -0.2) is 0 Å². The molecule has 0 aliphatic rings. The van der Waals surface area contributed by atoms with Crippen molar-refractivity contribution in [3.63, 3.8) is 0 Å². The van der Waals surface area contributed by atoms with Gasteiger partial charge in [-0.1, -0.05) is 18.2 Å². The van der Waals surface area contributed by atoms with Gasteiger partial charge in [0.15, 0.2) is 0 Å². The van der Waals surface area contributed by atoms with Crippen LogP contribution in [0.3, 0.4) is 0 Å². The van der Waals surface area contributed by atoms with Crippen molar-refractivity contribution in [1.29, 1.82) is 0 Å².